The van der Waals surface area contributed by atoms with Crippen LogP contribution in [0.4, 0.5) is 10.8 Å². The molecular formula is C20H25N3O2S2. The van der Waals surface area contributed by atoms with Gasteiger partial charge in [0.25, 0.3) is 0 Å². The van der Waals surface area contributed by atoms with Crippen LogP contribution in [0.5, 0.6) is 0 Å². The van der Waals surface area contributed by atoms with Crippen LogP contribution >= 0.6 is 23.6 Å². The number of pyridine rings is 1. The third-order valence-corrected chi connectivity index (χ3v) is 5.94. The van der Waals surface area contributed by atoms with Crippen molar-refractivity contribution >= 4 is 45.5 Å². The summed E-state index contributed by atoms with van der Waals surface area (Å²) in [7, 11) is 0. The fourth-order valence-electron chi connectivity index (χ4n) is 3.22. The van der Waals surface area contributed by atoms with Crippen LogP contribution in [0, 0.1) is 6.92 Å². The van der Waals surface area contributed by atoms with Crippen molar-refractivity contribution in [2.75, 3.05) is 17.2 Å². The number of thiophene rings is 1. The number of hydrogen-bond acceptors (Lipinski definition) is 5. The highest BCUT2D eigenvalue weighted by Gasteiger charge is 2.25. The van der Waals surface area contributed by atoms with Gasteiger partial charge in [0.15, 0.2) is 5.11 Å². The largest absolute Gasteiger partial charge is 0.462 e. The molecule has 1 aliphatic rings. The Morgan fingerprint density at radius 3 is 2.70 bits per heavy atom. The summed E-state index contributed by atoms with van der Waals surface area (Å²) in [6, 6.07) is 3.85. The van der Waals surface area contributed by atoms with Gasteiger partial charge >= 0.3 is 5.97 Å². The molecule has 2 N–H and O–H groups in total. The van der Waals surface area contributed by atoms with Gasteiger partial charge in [-0.25, -0.2) is 9.78 Å². The van der Waals surface area contributed by atoms with Gasteiger partial charge in [-0.2, -0.15) is 0 Å². The summed E-state index contributed by atoms with van der Waals surface area (Å²) in [6.07, 6.45) is 8.42. The van der Waals surface area contributed by atoms with Crippen molar-refractivity contribution in [2.45, 2.75) is 52.4 Å². The van der Waals surface area contributed by atoms with Crippen molar-refractivity contribution in [3.8, 4) is 0 Å². The van der Waals surface area contributed by atoms with E-state index in [0.717, 1.165) is 41.8 Å². The van der Waals surface area contributed by atoms with Gasteiger partial charge in [-0.3, -0.25) is 0 Å². The maximum Gasteiger partial charge on any atom is 0.341 e. The van der Waals surface area contributed by atoms with Crippen LogP contribution in [-0.2, 0) is 17.6 Å². The van der Waals surface area contributed by atoms with E-state index in [1.807, 2.05) is 26.0 Å². The number of nitrogens with zero attached hydrogens (tertiary/aromatic N) is 1. The minimum absolute atomic E-state index is 0.269. The van der Waals surface area contributed by atoms with Crippen LogP contribution in [0.15, 0.2) is 18.3 Å². The van der Waals surface area contributed by atoms with E-state index in [4.69, 9.17) is 17.0 Å². The van der Waals surface area contributed by atoms with Crippen molar-refractivity contribution in [1.82, 2.24) is 4.98 Å². The van der Waals surface area contributed by atoms with Crippen molar-refractivity contribution in [3.63, 3.8) is 0 Å². The van der Waals surface area contributed by atoms with E-state index >= 15 is 0 Å². The molecule has 144 valence electrons. The number of esters is 1. The molecule has 1 aliphatic carbocycles. The Morgan fingerprint density at radius 2 is 2.00 bits per heavy atom. The Bertz CT molecular complexity index is 815. The first-order chi connectivity index (χ1) is 13.1. The van der Waals surface area contributed by atoms with Crippen LogP contribution in [0.1, 0.15) is 59.0 Å². The number of ether oxygens (including phenoxy) is 1. The zero-order valence-electron chi connectivity index (χ0n) is 15.8. The van der Waals surface area contributed by atoms with Gasteiger partial charge in [-0.05, 0) is 68.9 Å². The van der Waals surface area contributed by atoms with Gasteiger partial charge in [-0.1, -0.05) is 18.9 Å². The molecule has 0 bridgehead atoms. The smallest absolute Gasteiger partial charge is 0.341 e. The molecule has 7 heteroatoms. The van der Waals surface area contributed by atoms with Gasteiger partial charge in [0, 0.05) is 11.1 Å². The molecule has 2 aromatic rings. The number of carbonyl (C=O) groups excluding carboxylic acids is 1. The molecular weight excluding hydrogens is 378 g/mol. The Labute approximate surface area is 169 Å². The molecule has 0 fully saturated rings. The molecule has 0 unspecified atom stereocenters. The highest BCUT2D eigenvalue weighted by Crippen LogP contribution is 2.37. The maximum absolute atomic E-state index is 12.6. The lowest BCUT2D eigenvalue weighted by Crippen LogP contribution is -2.21. The molecule has 0 saturated carbocycles. The standard InChI is InChI=1S/C20H25N3O2S2/c1-3-25-19(24)17-14-8-6-4-5-7-9-15(14)27-18(17)23-20(26)22-16-11-10-13(2)12-21-16/h10-12H,3-9H2,1-2H3,(H2,21,22,23,26). The molecule has 27 heavy (non-hydrogen) atoms. The van der Waals surface area contributed by atoms with Crippen LogP contribution < -0.4 is 10.6 Å². The number of carbonyl (C=O) groups is 1. The lowest BCUT2D eigenvalue weighted by Gasteiger charge is -2.12. The second-order valence-electron chi connectivity index (χ2n) is 6.64. The molecule has 0 aromatic carbocycles. The molecule has 2 heterocycles. The number of fused-ring (bicyclic) bond motifs is 1. The second kappa shape index (κ2) is 9.28. The number of thiocarbonyl (C=S) groups is 1. The number of hydrogen-bond donors (Lipinski definition) is 2. The molecule has 0 spiro atoms. The predicted molar refractivity (Wildman–Crippen MR) is 115 cm³/mol. The maximum atomic E-state index is 12.6. The van der Waals surface area contributed by atoms with Crippen molar-refractivity contribution in [3.05, 3.63) is 39.9 Å². The Morgan fingerprint density at radius 1 is 1.22 bits per heavy atom. The molecule has 5 nitrogen and oxygen atoms in total. The van der Waals surface area contributed by atoms with E-state index in [0.29, 0.717) is 23.1 Å². The third kappa shape index (κ3) is 5.05. The number of aromatic nitrogens is 1. The minimum Gasteiger partial charge on any atom is -0.462 e. The van der Waals surface area contributed by atoms with E-state index in [1.165, 1.54) is 17.7 Å². The third-order valence-electron chi connectivity index (χ3n) is 4.53. The highest BCUT2D eigenvalue weighted by atomic mass is 32.1. The SMILES string of the molecule is CCOC(=O)c1c(NC(=S)Nc2ccc(C)cn2)sc2c1CCCCCC2. The highest BCUT2D eigenvalue weighted by molar-refractivity contribution is 7.80. The molecule has 0 aliphatic heterocycles. The quantitative estimate of drug-likeness (QED) is 0.547. The summed E-state index contributed by atoms with van der Waals surface area (Å²) < 4.78 is 5.33. The number of anilines is 2. The van der Waals surface area contributed by atoms with Crippen LogP contribution in [-0.4, -0.2) is 22.7 Å². The zero-order valence-corrected chi connectivity index (χ0v) is 17.4. The van der Waals surface area contributed by atoms with Gasteiger partial charge in [0.2, 0.25) is 0 Å². The molecule has 0 atom stereocenters. The van der Waals surface area contributed by atoms with Crippen LogP contribution in [0.25, 0.3) is 0 Å². The van der Waals surface area contributed by atoms with E-state index in [9.17, 15) is 4.79 Å². The summed E-state index contributed by atoms with van der Waals surface area (Å²) in [4.78, 5) is 18.2. The fourth-order valence-corrected chi connectivity index (χ4v) is 4.77. The van der Waals surface area contributed by atoms with Crippen molar-refractivity contribution in [2.24, 2.45) is 0 Å². The van der Waals surface area contributed by atoms with Crippen LogP contribution in [0.3, 0.4) is 0 Å². The average Bonchev–Trinajstić information content (AvgIpc) is 2.93. The summed E-state index contributed by atoms with van der Waals surface area (Å²) in [5, 5.41) is 7.48. The summed E-state index contributed by atoms with van der Waals surface area (Å²) in [5.74, 6) is 0.403. The summed E-state index contributed by atoms with van der Waals surface area (Å²) in [6.45, 7) is 4.18. The molecule has 2 aromatic heterocycles. The van der Waals surface area contributed by atoms with Crippen LogP contribution in [0.2, 0.25) is 0 Å². The Balaban J connectivity index is 1.84. The van der Waals surface area contributed by atoms with Gasteiger partial charge in [0.1, 0.15) is 10.8 Å². The first-order valence-corrected chi connectivity index (χ1v) is 10.6. The molecule has 0 radical (unpaired) electrons. The fraction of sp³-hybridized carbons (Fsp3) is 0.450. The Hall–Kier alpha value is -1.99. The van der Waals surface area contributed by atoms with E-state index in [2.05, 4.69) is 15.6 Å². The number of rotatable bonds is 4. The topological polar surface area (TPSA) is 63.2 Å². The summed E-state index contributed by atoms with van der Waals surface area (Å²) >= 11 is 7.07. The zero-order chi connectivity index (χ0) is 19.2. The normalized spacial score (nSPS) is 13.9. The molecule has 0 saturated heterocycles. The van der Waals surface area contributed by atoms with Crippen molar-refractivity contribution < 1.29 is 9.53 Å². The van der Waals surface area contributed by atoms with E-state index < -0.39 is 0 Å². The lowest BCUT2D eigenvalue weighted by molar-refractivity contribution is 0.0526. The van der Waals surface area contributed by atoms with E-state index in [1.54, 1.807) is 17.5 Å². The second-order valence-corrected chi connectivity index (χ2v) is 8.16. The van der Waals surface area contributed by atoms with Gasteiger partial charge < -0.3 is 15.4 Å². The van der Waals surface area contributed by atoms with Crippen molar-refractivity contribution in [1.29, 1.82) is 0 Å². The minimum atomic E-state index is -0.269. The predicted octanol–water partition coefficient (Wildman–Crippen LogP) is 5.10. The summed E-state index contributed by atoms with van der Waals surface area (Å²) in [5.41, 5.74) is 2.87. The first-order valence-electron chi connectivity index (χ1n) is 9.40. The number of aryl methyl sites for hydroxylation is 2. The average molecular weight is 404 g/mol. The number of nitrogens with one attached hydrogen (secondary N) is 2. The molecule has 3 rings (SSSR count). The van der Waals surface area contributed by atoms with Gasteiger partial charge in [0.05, 0.1) is 12.2 Å². The monoisotopic (exact) mass is 403 g/mol. The van der Waals surface area contributed by atoms with Gasteiger partial charge in [-0.15, -0.1) is 11.3 Å². The Kier molecular flexibility index (Phi) is 6.79. The van der Waals surface area contributed by atoms with E-state index in [-0.39, 0.29) is 5.97 Å². The molecule has 0 amide bonds. The first kappa shape index (κ1) is 19.8. The lowest BCUT2D eigenvalue weighted by atomic mass is 9.96.